The lowest BCUT2D eigenvalue weighted by atomic mass is 10.1. The van der Waals surface area contributed by atoms with E-state index >= 15 is 0 Å². The van der Waals surface area contributed by atoms with Gasteiger partial charge in [0.05, 0.1) is 12.9 Å². The Morgan fingerprint density at radius 3 is 2.40 bits per heavy atom. The van der Waals surface area contributed by atoms with Crippen molar-refractivity contribution in [3.8, 4) is 0 Å². The Morgan fingerprint density at radius 2 is 1.87 bits per heavy atom. The van der Waals surface area contributed by atoms with E-state index in [2.05, 4.69) is 11.1 Å². The molecular formula is C10H21FO3S. The van der Waals surface area contributed by atoms with Crippen LogP contribution in [0.25, 0.3) is 0 Å². The summed E-state index contributed by atoms with van der Waals surface area (Å²) >= 11 is 0. The first-order valence-corrected chi connectivity index (χ1v) is 7.26. The van der Waals surface area contributed by atoms with E-state index in [-0.39, 0.29) is 13.0 Å². The summed E-state index contributed by atoms with van der Waals surface area (Å²) < 4.78 is 38.7. The summed E-state index contributed by atoms with van der Waals surface area (Å²) in [5.41, 5.74) is 0. The number of rotatable bonds is 9. The summed E-state index contributed by atoms with van der Waals surface area (Å²) in [5, 5.41) is 0. The molecule has 0 amide bonds. The van der Waals surface area contributed by atoms with Crippen LogP contribution in [0, 0.1) is 0 Å². The molecule has 0 aliphatic rings. The van der Waals surface area contributed by atoms with Crippen LogP contribution in [-0.2, 0) is 14.3 Å². The lowest BCUT2D eigenvalue weighted by Crippen LogP contribution is -2.09. The van der Waals surface area contributed by atoms with E-state index in [1.165, 1.54) is 0 Å². The maximum atomic E-state index is 13.1. The number of hydrogen-bond donors (Lipinski definition) is 0. The fraction of sp³-hybridized carbons (Fsp3) is 1.00. The first-order valence-electron chi connectivity index (χ1n) is 5.44. The Labute approximate surface area is 92.1 Å². The highest BCUT2D eigenvalue weighted by Crippen LogP contribution is 2.11. The molecule has 0 rings (SSSR count). The molecule has 0 bridgehead atoms. The average molecular weight is 240 g/mol. The molecule has 0 aromatic rings. The van der Waals surface area contributed by atoms with Gasteiger partial charge >= 0.3 is 0 Å². The van der Waals surface area contributed by atoms with Crippen LogP contribution in [-0.4, -0.2) is 27.5 Å². The minimum Gasteiger partial charge on any atom is -0.270 e. The predicted octanol–water partition coefficient (Wildman–Crippen LogP) is 2.66. The van der Waals surface area contributed by atoms with Crippen LogP contribution >= 0.6 is 0 Å². The second kappa shape index (κ2) is 8.05. The molecule has 0 heterocycles. The minimum atomic E-state index is -3.42. The van der Waals surface area contributed by atoms with E-state index in [1.807, 2.05) is 0 Å². The van der Waals surface area contributed by atoms with Gasteiger partial charge in [-0.3, -0.25) is 4.18 Å². The second-order valence-corrected chi connectivity index (χ2v) is 5.41. The molecule has 0 saturated heterocycles. The molecule has 0 aliphatic carbocycles. The molecule has 15 heavy (non-hydrogen) atoms. The smallest absolute Gasteiger partial charge is 0.264 e. The van der Waals surface area contributed by atoms with Gasteiger partial charge in [0.1, 0.15) is 6.17 Å². The van der Waals surface area contributed by atoms with Crippen molar-refractivity contribution in [1.29, 1.82) is 0 Å². The number of halogens is 1. The zero-order chi connectivity index (χ0) is 11.7. The highest BCUT2D eigenvalue weighted by atomic mass is 32.2. The molecule has 0 N–H and O–H groups in total. The van der Waals surface area contributed by atoms with Gasteiger partial charge in [-0.25, -0.2) is 4.39 Å². The largest absolute Gasteiger partial charge is 0.270 e. The van der Waals surface area contributed by atoms with Crippen molar-refractivity contribution >= 4 is 10.1 Å². The van der Waals surface area contributed by atoms with Crippen LogP contribution in [0.1, 0.15) is 45.4 Å². The fourth-order valence-corrected chi connectivity index (χ4v) is 1.66. The second-order valence-electron chi connectivity index (χ2n) is 3.76. The highest BCUT2D eigenvalue weighted by molar-refractivity contribution is 7.85. The molecule has 0 aromatic heterocycles. The Bertz CT molecular complexity index is 239. The van der Waals surface area contributed by atoms with Crippen LogP contribution in [0.2, 0.25) is 0 Å². The lowest BCUT2D eigenvalue weighted by molar-refractivity contribution is 0.227. The predicted molar refractivity (Wildman–Crippen MR) is 59.1 cm³/mol. The maximum absolute atomic E-state index is 13.1. The topological polar surface area (TPSA) is 43.4 Å². The van der Waals surface area contributed by atoms with Crippen molar-refractivity contribution in [2.45, 2.75) is 51.6 Å². The minimum absolute atomic E-state index is 0.0478. The van der Waals surface area contributed by atoms with E-state index in [9.17, 15) is 12.8 Å². The van der Waals surface area contributed by atoms with Gasteiger partial charge in [0.25, 0.3) is 10.1 Å². The molecule has 0 aromatic carbocycles. The molecule has 0 radical (unpaired) electrons. The Hall–Kier alpha value is -0.160. The maximum Gasteiger partial charge on any atom is 0.264 e. The van der Waals surface area contributed by atoms with Crippen molar-refractivity contribution in [2.24, 2.45) is 0 Å². The summed E-state index contributed by atoms with van der Waals surface area (Å²) in [7, 11) is -3.42. The number of hydrogen-bond acceptors (Lipinski definition) is 3. The summed E-state index contributed by atoms with van der Waals surface area (Å²) in [6.45, 7) is 2.06. The Kier molecular flexibility index (Phi) is 7.96. The SMILES string of the molecule is CCCCCC[C@@H](F)CCOS(C)(=O)=O. The molecule has 0 unspecified atom stereocenters. The zero-order valence-electron chi connectivity index (χ0n) is 9.54. The number of unbranched alkanes of at least 4 members (excludes halogenated alkanes) is 3. The molecular weight excluding hydrogens is 219 g/mol. The standard InChI is InChI=1S/C10H21FO3S/c1-3-4-5-6-7-10(11)8-9-14-15(2,12)13/h10H,3-9H2,1-2H3/t10-/m1/s1. The van der Waals surface area contributed by atoms with Gasteiger partial charge in [-0.15, -0.1) is 0 Å². The quantitative estimate of drug-likeness (QED) is 0.459. The monoisotopic (exact) mass is 240 g/mol. The molecule has 0 fully saturated rings. The third-order valence-electron chi connectivity index (χ3n) is 2.10. The van der Waals surface area contributed by atoms with Crippen molar-refractivity contribution in [2.75, 3.05) is 12.9 Å². The fourth-order valence-electron chi connectivity index (χ4n) is 1.26. The summed E-state index contributed by atoms with van der Waals surface area (Å²) in [6.07, 6.45) is 4.88. The Balaban J connectivity index is 3.37. The number of alkyl halides is 1. The highest BCUT2D eigenvalue weighted by Gasteiger charge is 2.08. The van der Waals surface area contributed by atoms with Crippen molar-refractivity contribution in [1.82, 2.24) is 0 Å². The molecule has 5 heteroatoms. The van der Waals surface area contributed by atoms with Gasteiger partial charge in [-0.05, 0) is 6.42 Å². The van der Waals surface area contributed by atoms with Gasteiger partial charge in [0.15, 0.2) is 0 Å². The zero-order valence-corrected chi connectivity index (χ0v) is 10.4. The van der Waals surface area contributed by atoms with Crippen LogP contribution in [0.4, 0.5) is 4.39 Å². The molecule has 92 valence electrons. The van der Waals surface area contributed by atoms with Gasteiger partial charge in [-0.2, -0.15) is 8.42 Å². The van der Waals surface area contributed by atoms with E-state index in [4.69, 9.17) is 0 Å². The van der Waals surface area contributed by atoms with Crippen LogP contribution in [0.3, 0.4) is 0 Å². The molecule has 0 saturated carbocycles. The van der Waals surface area contributed by atoms with Crippen LogP contribution in [0.5, 0.6) is 0 Å². The molecule has 0 aliphatic heterocycles. The third kappa shape index (κ3) is 11.8. The van der Waals surface area contributed by atoms with Gasteiger partial charge in [-0.1, -0.05) is 32.6 Å². The van der Waals surface area contributed by atoms with Crippen molar-refractivity contribution in [3.63, 3.8) is 0 Å². The summed E-state index contributed by atoms with van der Waals surface area (Å²) in [5.74, 6) is 0. The van der Waals surface area contributed by atoms with Gasteiger partial charge < -0.3 is 0 Å². The Morgan fingerprint density at radius 1 is 1.20 bits per heavy atom. The molecule has 3 nitrogen and oxygen atoms in total. The molecule has 0 spiro atoms. The van der Waals surface area contributed by atoms with Gasteiger partial charge in [0, 0.05) is 6.42 Å². The van der Waals surface area contributed by atoms with Crippen LogP contribution < -0.4 is 0 Å². The summed E-state index contributed by atoms with van der Waals surface area (Å²) in [4.78, 5) is 0. The van der Waals surface area contributed by atoms with Crippen molar-refractivity contribution < 1.29 is 17.0 Å². The van der Waals surface area contributed by atoms with E-state index < -0.39 is 16.3 Å². The normalized spacial score (nSPS) is 14.1. The van der Waals surface area contributed by atoms with Crippen molar-refractivity contribution in [3.05, 3.63) is 0 Å². The van der Waals surface area contributed by atoms with E-state index in [0.29, 0.717) is 6.42 Å². The first-order chi connectivity index (χ1) is 6.95. The van der Waals surface area contributed by atoms with Gasteiger partial charge in [0.2, 0.25) is 0 Å². The van der Waals surface area contributed by atoms with E-state index in [0.717, 1.165) is 31.9 Å². The summed E-state index contributed by atoms with van der Waals surface area (Å²) in [6, 6.07) is 0. The lowest BCUT2D eigenvalue weighted by Gasteiger charge is -2.07. The third-order valence-corrected chi connectivity index (χ3v) is 2.69. The molecule has 1 atom stereocenters. The van der Waals surface area contributed by atoms with E-state index in [1.54, 1.807) is 0 Å². The van der Waals surface area contributed by atoms with Crippen LogP contribution in [0.15, 0.2) is 0 Å². The average Bonchev–Trinajstić information content (AvgIpc) is 2.10. The first kappa shape index (κ1) is 14.8.